The van der Waals surface area contributed by atoms with Crippen LogP contribution in [0.2, 0.25) is 0 Å². The van der Waals surface area contributed by atoms with Crippen molar-refractivity contribution in [1.29, 1.82) is 0 Å². The summed E-state index contributed by atoms with van der Waals surface area (Å²) in [5.41, 5.74) is -1.40. The van der Waals surface area contributed by atoms with Crippen LogP contribution in [0.1, 0.15) is 35.7 Å². The molecule has 4 nitrogen and oxygen atoms in total. The van der Waals surface area contributed by atoms with E-state index in [1.54, 1.807) is 0 Å². The van der Waals surface area contributed by atoms with Crippen molar-refractivity contribution in [2.75, 3.05) is 13.1 Å². The van der Waals surface area contributed by atoms with Gasteiger partial charge in [-0.2, -0.15) is 13.2 Å². The molecule has 0 heterocycles. The lowest BCUT2D eigenvalue weighted by molar-refractivity contribution is -0.138. The molecule has 1 aromatic carbocycles. The average Bonchev–Trinajstić information content (AvgIpc) is 2.43. The molecule has 1 rings (SSSR count). The van der Waals surface area contributed by atoms with E-state index < -0.39 is 23.2 Å². The lowest BCUT2D eigenvalue weighted by Crippen LogP contribution is -2.35. The third kappa shape index (κ3) is 5.45. The first kappa shape index (κ1) is 17.0. The van der Waals surface area contributed by atoms with E-state index in [9.17, 15) is 22.8 Å². The van der Waals surface area contributed by atoms with E-state index >= 15 is 0 Å². The molecule has 21 heavy (non-hydrogen) atoms. The van der Waals surface area contributed by atoms with Gasteiger partial charge in [0.05, 0.1) is 11.1 Å². The summed E-state index contributed by atoms with van der Waals surface area (Å²) >= 11 is 0. The standard InChI is InChI=1S/C14H17F3N2O2/c1-2-5-12(20)18-8-9-19-13(21)10-6-3-4-7-11(10)14(15,16)17/h3-4,6-7H,2,5,8-9H2,1H3,(H,18,20)(H,19,21). The van der Waals surface area contributed by atoms with Crippen molar-refractivity contribution in [3.05, 3.63) is 35.4 Å². The smallest absolute Gasteiger partial charge is 0.354 e. The number of carbonyl (C=O) groups excluding carboxylic acids is 2. The van der Waals surface area contributed by atoms with Crippen LogP contribution in [-0.2, 0) is 11.0 Å². The number of hydrogen-bond acceptors (Lipinski definition) is 2. The first-order valence-corrected chi connectivity index (χ1v) is 6.57. The maximum absolute atomic E-state index is 12.8. The van der Waals surface area contributed by atoms with Crippen LogP contribution in [0.25, 0.3) is 0 Å². The van der Waals surface area contributed by atoms with Gasteiger partial charge in [-0.25, -0.2) is 0 Å². The van der Waals surface area contributed by atoms with Crippen molar-refractivity contribution in [2.24, 2.45) is 0 Å². The van der Waals surface area contributed by atoms with E-state index in [1.807, 2.05) is 6.92 Å². The van der Waals surface area contributed by atoms with Crippen LogP contribution in [0.15, 0.2) is 24.3 Å². The van der Waals surface area contributed by atoms with Crippen molar-refractivity contribution in [1.82, 2.24) is 10.6 Å². The number of hydrogen-bond donors (Lipinski definition) is 2. The fraction of sp³-hybridized carbons (Fsp3) is 0.429. The molecule has 0 aliphatic rings. The van der Waals surface area contributed by atoms with Gasteiger partial charge in [-0.15, -0.1) is 0 Å². The summed E-state index contributed by atoms with van der Waals surface area (Å²) in [6.45, 7) is 2.11. The second-order valence-corrected chi connectivity index (χ2v) is 4.40. The Bertz CT molecular complexity index is 501. The van der Waals surface area contributed by atoms with Crippen LogP contribution in [0, 0.1) is 0 Å². The van der Waals surface area contributed by atoms with E-state index in [1.165, 1.54) is 12.1 Å². The summed E-state index contributed by atoms with van der Waals surface area (Å²) < 4.78 is 38.3. The fourth-order valence-electron chi connectivity index (χ4n) is 1.72. The van der Waals surface area contributed by atoms with E-state index in [0.717, 1.165) is 12.1 Å². The summed E-state index contributed by atoms with van der Waals surface area (Å²) in [5.74, 6) is -0.963. The molecule has 0 aromatic heterocycles. The van der Waals surface area contributed by atoms with Gasteiger partial charge in [0.1, 0.15) is 0 Å². The molecule has 0 aliphatic heterocycles. The Morgan fingerprint density at radius 1 is 1.10 bits per heavy atom. The molecule has 2 N–H and O–H groups in total. The van der Waals surface area contributed by atoms with E-state index in [-0.39, 0.29) is 19.0 Å². The average molecular weight is 302 g/mol. The first-order chi connectivity index (χ1) is 9.86. The van der Waals surface area contributed by atoms with Gasteiger partial charge in [0.2, 0.25) is 5.91 Å². The molecule has 0 radical (unpaired) electrons. The summed E-state index contributed by atoms with van der Waals surface area (Å²) in [5, 5.41) is 4.91. The number of rotatable bonds is 6. The van der Waals surface area contributed by atoms with Gasteiger partial charge >= 0.3 is 6.18 Å². The summed E-state index contributed by atoms with van der Waals surface area (Å²) in [7, 11) is 0. The zero-order valence-corrected chi connectivity index (χ0v) is 11.6. The largest absolute Gasteiger partial charge is 0.417 e. The number of halogens is 3. The molecule has 0 saturated carbocycles. The predicted octanol–water partition coefficient (Wildman–Crippen LogP) is 2.35. The Kier molecular flexibility index (Phi) is 6.20. The molecule has 116 valence electrons. The van der Waals surface area contributed by atoms with Crippen LogP contribution in [-0.4, -0.2) is 24.9 Å². The Morgan fingerprint density at radius 3 is 2.33 bits per heavy atom. The molecular weight excluding hydrogens is 285 g/mol. The first-order valence-electron chi connectivity index (χ1n) is 6.57. The zero-order chi connectivity index (χ0) is 15.9. The topological polar surface area (TPSA) is 58.2 Å². The number of alkyl halides is 3. The van der Waals surface area contributed by atoms with Gasteiger partial charge in [-0.05, 0) is 18.6 Å². The molecule has 0 fully saturated rings. The SMILES string of the molecule is CCCC(=O)NCCNC(=O)c1ccccc1C(F)(F)F. The third-order valence-electron chi connectivity index (χ3n) is 2.69. The molecule has 0 atom stereocenters. The van der Waals surface area contributed by atoms with Crippen molar-refractivity contribution < 1.29 is 22.8 Å². The highest BCUT2D eigenvalue weighted by molar-refractivity contribution is 5.95. The monoisotopic (exact) mass is 302 g/mol. The molecule has 2 amide bonds. The minimum atomic E-state index is -4.58. The number of amides is 2. The van der Waals surface area contributed by atoms with Crippen molar-refractivity contribution >= 4 is 11.8 Å². The van der Waals surface area contributed by atoms with Crippen LogP contribution < -0.4 is 10.6 Å². The van der Waals surface area contributed by atoms with Gasteiger partial charge in [-0.3, -0.25) is 9.59 Å². The second kappa shape index (κ2) is 7.66. The number of benzene rings is 1. The number of nitrogens with one attached hydrogen (secondary N) is 2. The normalized spacial score (nSPS) is 11.0. The summed E-state index contributed by atoms with van der Waals surface area (Å²) in [6.07, 6.45) is -3.49. The molecule has 0 spiro atoms. The minimum absolute atomic E-state index is 0.0699. The molecule has 1 aromatic rings. The van der Waals surface area contributed by atoms with Crippen LogP contribution in [0.5, 0.6) is 0 Å². The van der Waals surface area contributed by atoms with Crippen LogP contribution >= 0.6 is 0 Å². The van der Waals surface area contributed by atoms with Crippen molar-refractivity contribution in [3.8, 4) is 0 Å². The van der Waals surface area contributed by atoms with Crippen LogP contribution in [0.4, 0.5) is 13.2 Å². The Labute approximate surface area is 120 Å². The zero-order valence-electron chi connectivity index (χ0n) is 11.6. The van der Waals surface area contributed by atoms with E-state index in [4.69, 9.17) is 0 Å². The lowest BCUT2D eigenvalue weighted by atomic mass is 10.1. The molecule has 7 heteroatoms. The molecule has 0 saturated heterocycles. The molecule has 0 unspecified atom stereocenters. The van der Waals surface area contributed by atoms with E-state index in [0.29, 0.717) is 12.8 Å². The number of carbonyl (C=O) groups is 2. The highest BCUT2D eigenvalue weighted by Crippen LogP contribution is 2.31. The highest BCUT2D eigenvalue weighted by atomic mass is 19.4. The van der Waals surface area contributed by atoms with Gasteiger partial charge in [-0.1, -0.05) is 19.1 Å². The Morgan fingerprint density at radius 2 is 1.71 bits per heavy atom. The second-order valence-electron chi connectivity index (χ2n) is 4.40. The highest BCUT2D eigenvalue weighted by Gasteiger charge is 2.34. The lowest BCUT2D eigenvalue weighted by Gasteiger charge is -2.12. The van der Waals surface area contributed by atoms with Gasteiger partial charge in [0.15, 0.2) is 0 Å². The molecular formula is C14H17F3N2O2. The van der Waals surface area contributed by atoms with E-state index in [2.05, 4.69) is 10.6 Å². The third-order valence-corrected chi connectivity index (χ3v) is 2.69. The minimum Gasteiger partial charge on any atom is -0.354 e. The fourth-order valence-corrected chi connectivity index (χ4v) is 1.72. The quantitative estimate of drug-likeness (QED) is 0.793. The van der Waals surface area contributed by atoms with Gasteiger partial charge in [0.25, 0.3) is 5.91 Å². The maximum Gasteiger partial charge on any atom is 0.417 e. The van der Waals surface area contributed by atoms with Gasteiger partial charge in [0, 0.05) is 19.5 Å². The molecule has 0 bridgehead atoms. The van der Waals surface area contributed by atoms with Crippen LogP contribution in [0.3, 0.4) is 0 Å². The van der Waals surface area contributed by atoms with Crippen molar-refractivity contribution in [3.63, 3.8) is 0 Å². The Hall–Kier alpha value is -2.05. The predicted molar refractivity (Wildman–Crippen MR) is 71.7 cm³/mol. The summed E-state index contributed by atoms with van der Waals surface area (Å²) in [4.78, 5) is 22.9. The molecule has 0 aliphatic carbocycles. The maximum atomic E-state index is 12.8. The van der Waals surface area contributed by atoms with Crippen molar-refractivity contribution in [2.45, 2.75) is 25.9 Å². The summed E-state index contributed by atoms with van der Waals surface area (Å²) in [6, 6.07) is 4.57. The van der Waals surface area contributed by atoms with Gasteiger partial charge < -0.3 is 10.6 Å². The Balaban J connectivity index is 2.55.